The van der Waals surface area contributed by atoms with E-state index in [1.54, 1.807) is 12.4 Å². The zero-order valence-electron chi connectivity index (χ0n) is 26.8. The van der Waals surface area contributed by atoms with Crippen molar-refractivity contribution in [3.63, 3.8) is 0 Å². The summed E-state index contributed by atoms with van der Waals surface area (Å²) in [6.45, 7) is 1.99. The SMILES string of the molecule is C[C@@H](NC(=O)C1=Nc2cc3c(-c4ccncc4)nn(C(c4ccccc4)(c4ccccc4)c4ccccc4)c3cc2C1)c1cccc(Br)c1. The first-order chi connectivity index (χ1) is 24.0. The lowest BCUT2D eigenvalue weighted by Gasteiger charge is -2.37. The van der Waals surface area contributed by atoms with Crippen LogP contribution in [0.15, 0.2) is 161 Å². The van der Waals surface area contributed by atoms with Crippen LogP contribution in [0.3, 0.4) is 0 Å². The van der Waals surface area contributed by atoms with Gasteiger partial charge in [0.2, 0.25) is 0 Å². The average molecular weight is 703 g/mol. The minimum absolute atomic E-state index is 0.170. The lowest BCUT2D eigenvalue weighted by atomic mass is 9.77. The number of carbonyl (C=O) groups is 1. The molecule has 7 heteroatoms. The van der Waals surface area contributed by atoms with Gasteiger partial charge in [-0.15, -0.1) is 0 Å². The summed E-state index contributed by atoms with van der Waals surface area (Å²) in [5, 5.41) is 9.60. The molecule has 1 amide bonds. The maximum absolute atomic E-state index is 13.6. The number of benzene rings is 5. The van der Waals surface area contributed by atoms with Crippen LogP contribution in [-0.2, 0) is 16.8 Å². The van der Waals surface area contributed by atoms with E-state index in [1.165, 1.54) is 0 Å². The van der Waals surface area contributed by atoms with Crippen LogP contribution in [0.1, 0.15) is 40.8 Å². The van der Waals surface area contributed by atoms with E-state index in [-0.39, 0.29) is 11.9 Å². The van der Waals surface area contributed by atoms with Gasteiger partial charge in [0.1, 0.15) is 16.9 Å². The summed E-state index contributed by atoms with van der Waals surface area (Å²) in [5.74, 6) is -0.170. The molecular formula is C42H32BrN5O. The molecule has 1 aliphatic rings. The van der Waals surface area contributed by atoms with Gasteiger partial charge in [0, 0.05) is 34.2 Å². The van der Waals surface area contributed by atoms with Gasteiger partial charge in [-0.1, -0.05) is 119 Å². The Balaban J connectivity index is 1.32. The second-order valence-corrected chi connectivity index (χ2v) is 13.2. The fraction of sp³-hybridized carbons (Fsp3) is 0.0952. The third kappa shape index (κ3) is 5.46. The van der Waals surface area contributed by atoms with Gasteiger partial charge in [0.05, 0.1) is 17.2 Å². The van der Waals surface area contributed by atoms with Gasteiger partial charge in [0.25, 0.3) is 5.91 Å². The number of fused-ring (bicyclic) bond motifs is 2. The second-order valence-electron chi connectivity index (χ2n) is 12.3. The first kappa shape index (κ1) is 30.7. The lowest BCUT2D eigenvalue weighted by Crippen LogP contribution is -2.38. The minimum Gasteiger partial charge on any atom is -0.344 e. The topological polar surface area (TPSA) is 72.2 Å². The number of aliphatic imine (C=N–C) groups is 1. The van der Waals surface area contributed by atoms with Gasteiger partial charge >= 0.3 is 0 Å². The minimum atomic E-state index is -0.819. The van der Waals surface area contributed by atoms with Crippen molar-refractivity contribution in [3.05, 3.63) is 184 Å². The molecule has 238 valence electrons. The summed E-state index contributed by atoms with van der Waals surface area (Å²) < 4.78 is 3.14. The predicted molar refractivity (Wildman–Crippen MR) is 199 cm³/mol. The van der Waals surface area contributed by atoms with Gasteiger partial charge in [-0.2, -0.15) is 5.10 Å². The van der Waals surface area contributed by atoms with Crippen molar-refractivity contribution in [3.8, 4) is 11.3 Å². The molecule has 0 bridgehead atoms. The van der Waals surface area contributed by atoms with Gasteiger partial charge in [-0.25, -0.2) is 9.67 Å². The Morgan fingerprint density at radius 1 is 0.776 bits per heavy atom. The molecule has 1 N–H and O–H groups in total. The molecule has 8 rings (SSSR count). The third-order valence-corrected chi connectivity index (χ3v) is 9.79. The molecule has 0 saturated carbocycles. The van der Waals surface area contributed by atoms with E-state index in [2.05, 4.69) is 116 Å². The molecule has 0 saturated heterocycles. The van der Waals surface area contributed by atoms with E-state index in [0.29, 0.717) is 12.1 Å². The summed E-state index contributed by atoms with van der Waals surface area (Å²) >= 11 is 3.54. The average Bonchev–Trinajstić information content (AvgIpc) is 3.74. The van der Waals surface area contributed by atoms with Crippen molar-refractivity contribution < 1.29 is 4.79 Å². The van der Waals surface area contributed by atoms with Crippen LogP contribution in [0.25, 0.3) is 22.2 Å². The largest absolute Gasteiger partial charge is 0.344 e. The summed E-state index contributed by atoms with van der Waals surface area (Å²) in [7, 11) is 0. The molecule has 6 nitrogen and oxygen atoms in total. The first-order valence-electron chi connectivity index (χ1n) is 16.3. The molecule has 1 aliphatic heterocycles. The highest BCUT2D eigenvalue weighted by atomic mass is 79.9. The number of halogens is 1. The number of pyridine rings is 1. The molecule has 0 radical (unpaired) electrons. The molecule has 1 atom stereocenters. The number of aromatic nitrogens is 3. The van der Waals surface area contributed by atoms with Crippen molar-refractivity contribution in [2.45, 2.75) is 24.9 Å². The molecule has 0 aliphatic carbocycles. The Hall–Kier alpha value is -5.66. The smallest absolute Gasteiger partial charge is 0.266 e. The Bertz CT molecular complexity index is 2220. The molecule has 49 heavy (non-hydrogen) atoms. The molecule has 0 unspecified atom stereocenters. The van der Waals surface area contributed by atoms with Crippen LogP contribution >= 0.6 is 15.9 Å². The number of nitrogens with zero attached hydrogens (tertiary/aromatic N) is 4. The quantitative estimate of drug-likeness (QED) is 0.161. The maximum atomic E-state index is 13.6. The van der Waals surface area contributed by atoms with Gasteiger partial charge in [-0.05, 0) is 71.1 Å². The van der Waals surface area contributed by atoms with E-state index in [0.717, 1.165) is 60.1 Å². The standard InChI is InChI=1S/C42H32BrN5O/c1-28(30-12-11-19-35(43)24-30)45-41(49)38-25-31-26-39-36(27-37(31)46-38)40(29-20-22-44-23-21-29)47-48(39)42(32-13-5-2-6-14-32,33-15-7-3-8-16-33)34-17-9-4-10-18-34/h2-24,26-28H,25H2,1H3,(H,45,49)/t28-/m1/s1. The third-order valence-electron chi connectivity index (χ3n) is 9.30. The van der Waals surface area contributed by atoms with Crippen LogP contribution in [0.2, 0.25) is 0 Å². The van der Waals surface area contributed by atoms with E-state index in [1.807, 2.05) is 61.5 Å². The first-order valence-corrected chi connectivity index (χ1v) is 17.1. The zero-order chi connectivity index (χ0) is 33.4. The maximum Gasteiger partial charge on any atom is 0.266 e. The Labute approximate surface area is 293 Å². The molecule has 3 heterocycles. The van der Waals surface area contributed by atoms with E-state index < -0.39 is 5.54 Å². The number of nitrogens with one attached hydrogen (secondary N) is 1. The van der Waals surface area contributed by atoms with Crippen molar-refractivity contribution >= 4 is 44.1 Å². The second kappa shape index (κ2) is 12.7. The van der Waals surface area contributed by atoms with Crippen LogP contribution in [0, 0.1) is 0 Å². The van der Waals surface area contributed by atoms with Crippen molar-refractivity contribution in [2.24, 2.45) is 4.99 Å². The number of hydrogen-bond acceptors (Lipinski definition) is 4. The summed E-state index contributed by atoms with van der Waals surface area (Å²) in [6, 6.07) is 47.7. The number of rotatable bonds is 8. The monoisotopic (exact) mass is 701 g/mol. The zero-order valence-corrected chi connectivity index (χ0v) is 28.4. The number of amides is 1. The van der Waals surface area contributed by atoms with Crippen LogP contribution in [0.4, 0.5) is 5.69 Å². The number of carbonyl (C=O) groups excluding carboxylic acids is 1. The Morgan fingerprint density at radius 2 is 1.39 bits per heavy atom. The Morgan fingerprint density at radius 3 is 1.98 bits per heavy atom. The highest BCUT2D eigenvalue weighted by Gasteiger charge is 2.41. The molecule has 7 aromatic rings. The molecule has 2 aromatic heterocycles. The fourth-order valence-corrected chi connectivity index (χ4v) is 7.37. The number of hydrogen-bond donors (Lipinski definition) is 1. The summed E-state index contributed by atoms with van der Waals surface area (Å²) in [6.07, 6.45) is 4.01. The van der Waals surface area contributed by atoms with E-state index >= 15 is 0 Å². The van der Waals surface area contributed by atoms with Gasteiger partial charge in [0.15, 0.2) is 0 Å². The predicted octanol–water partition coefficient (Wildman–Crippen LogP) is 9.21. The van der Waals surface area contributed by atoms with E-state index in [9.17, 15) is 4.79 Å². The summed E-state index contributed by atoms with van der Waals surface area (Å²) in [5.41, 5.74) is 8.42. The van der Waals surface area contributed by atoms with Gasteiger partial charge in [-0.3, -0.25) is 9.78 Å². The van der Waals surface area contributed by atoms with E-state index in [4.69, 9.17) is 10.1 Å². The van der Waals surface area contributed by atoms with Gasteiger partial charge < -0.3 is 5.32 Å². The van der Waals surface area contributed by atoms with Crippen LogP contribution in [-0.4, -0.2) is 26.4 Å². The molecular weight excluding hydrogens is 670 g/mol. The highest BCUT2D eigenvalue weighted by Crippen LogP contribution is 2.45. The molecule has 5 aromatic carbocycles. The van der Waals surface area contributed by atoms with Crippen molar-refractivity contribution in [2.75, 3.05) is 0 Å². The normalized spacial score (nSPS) is 13.1. The molecule has 0 fully saturated rings. The lowest BCUT2D eigenvalue weighted by molar-refractivity contribution is -0.115. The van der Waals surface area contributed by atoms with Crippen molar-refractivity contribution in [1.29, 1.82) is 0 Å². The fourth-order valence-electron chi connectivity index (χ4n) is 6.96. The molecule has 0 spiro atoms. The van der Waals surface area contributed by atoms with Crippen LogP contribution in [0.5, 0.6) is 0 Å². The Kier molecular flexibility index (Phi) is 7.98. The van der Waals surface area contributed by atoms with Crippen LogP contribution < -0.4 is 5.32 Å². The highest BCUT2D eigenvalue weighted by molar-refractivity contribution is 9.10. The summed E-state index contributed by atoms with van der Waals surface area (Å²) in [4.78, 5) is 22.8. The van der Waals surface area contributed by atoms with Crippen molar-refractivity contribution in [1.82, 2.24) is 20.1 Å².